The third-order valence-corrected chi connectivity index (χ3v) is 3.64. The van der Waals surface area contributed by atoms with E-state index in [-0.39, 0.29) is 10.7 Å². The molecule has 0 bridgehead atoms. The standard InChI is InChI=1S/C18H15N5O2S/c19-18(26)21-20-10-14-11-23(15-8-6-13(7-9-15)17(24)25)22-16(14)12-4-2-1-3-5-12/h1-11H,(H,24,25)(H3,19,21,26)/b20-10+. The Labute approximate surface area is 154 Å². The fraction of sp³-hybridized carbons (Fsp3) is 0. The van der Waals surface area contributed by atoms with Crippen LogP contribution in [0.2, 0.25) is 0 Å². The van der Waals surface area contributed by atoms with Crippen LogP contribution in [0.15, 0.2) is 65.9 Å². The fourth-order valence-corrected chi connectivity index (χ4v) is 2.41. The molecule has 8 heteroatoms. The smallest absolute Gasteiger partial charge is 0.335 e. The van der Waals surface area contributed by atoms with Crippen molar-refractivity contribution in [3.05, 3.63) is 71.9 Å². The molecule has 0 aliphatic heterocycles. The average Bonchev–Trinajstić information content (AvgIpc) is 3.06. The zero-order valence-electron chi connectivity index (χ0n) is 13.5. The minimum absolute atomic E-state index is 0.0687. The van der Waals surface area contributed by atoms with Gasteiger partial charge in [0.25, 0.3) is 0 Å². The Morgan fingerprint density at radius 2 is 1.88 bits per heavy atom. The van der Waals surface area contributed by atoms with E-state index in [0.717, 1.165) is 22.5 Å². The van der Waals surface area contributed by atoms with E-state index < -0.39 is 5.97 Å². The number of hydrogen-bond acceptors (Lipinski definition) is 4. The molecule has 0 radical (unpaired) electrons. The number of hydrazone groups is 1. The summed E-state index contributed by atoms with van der Waals surface area (Å²) in [6.07, 6.45) is 3.37. The summed E-state index contributed by atoms with van der Waals surface area (Å²) in [6, 6.07) is 16.1. The maximum absolute atomic E-state index is 11.0. The maximum atomic E-state index is 11.0. The molecular weight excluding hydrogens is 350 g/mol. The molecular formula is C18H15N5O2S. The molecule has 0 amide bonds. The lowest BCUT2D eigenvalue weighted by Gasteiger charge is -2.02. The summed E-state index contributed by atoms with van der Waals surface area (Å²) in [4.78, 5) is 11.0. The van der Waals surface area contributed by atoms with Crippen LogP contribution < -0.4 is 11.2 Å². The van der Waals surface area contributed by atoms with Gasteiger partial charge in [-0.25, -0.2) is 9.48 Å². The summed E-state index contributed by atoms with van der Waals surface area (Å²) in [5.41, 5.74) is 11.2. The van der Waals surface area contributed by atoms with Crippen LogP contribution in [0.4, 0.5) is 0 Å². The van der Waals surface area contributed by atoms with Gasteiger partial charge in [-0.3, -0.25) is 5.43 Å². The van der Waals surface area contributed by atoms with E-state index in [1.165, 1.54) is 12.1 Å². The molecule has 1 heterocycles. The first-order valence-corrected chi connectivity index (χ1v) is 8.03. The van der Waals surface area contributed by atoms with E-state index in [0.29, 0.717) is 0 Å². The molecule has 3 aromatic rings. The third kappa shape index (κ3) is 3.93. The molecule has 0 aliphatic carbocycles. The Bertz CT molecular complexity index is 965. The van der Waals surface area contributed by atoms with Crippen molar-refractivity contribution in [1.82, 2.24) is 15.2 Å². The highest BCUT2D eigenvalue weighted by Crippen LogP contribution is 2.22. The Hall–Kier alpha value is -3.52. The molecule has 3 rings (SSSR count). The molecule has 0 fully saturated rings. The summed E-state index contributed by atoms with van der Waals surface area (Å²) >= 11 is 4.74. The number of nitrogens with two attached hydrogens (primary N) is 1. The number of thiocarbonyl (C=S) groups is 1. The number of benzene rings is 2. The maximum Gasteiger partial charge on any atom is 0.335 e. The number of carbonyl (C=O) groups is 1. The van der Waals surface area contributed by atoms with Gasteiger partial charge in [0.1, 0.15) is 5.69 Å². The highest BCUT2D eigenvalue weighted by Gasteiger charge is 2.11. The third-order valence-electron chi connectivity index (χ3n) is 3.55. The highest BCUT2D eigenvalue weighted by molar-refractivity contribution is 7.80. The molecule has 2 aromatic carbocycles. The van der Waals surface area contributed by atoms with Crippen molar-refractivity contribution in [1.29, 1.82) is 0 Å². The summed E-state index contributed by atoms with van der Waals surface area (Å²) in [5, 5.41) is 17.7. The number of carboxylic acids is 1. The lowest BCUT2D eigenvalue weighted by atomic mass is 10.1. The van der Waals surface area contributed by atoms with Gasteiger partial charge in [0.2, 0.25) is 0 Å². The van der Waals surface area contributed by atoms with Gasteiger partial charge in [-0.05, 0) is 36.5 Å². The topological polar surface area (TPSA) is 106 Å². The highest BCUT2D eigenvalue weighted by atomic mass is 32.1. The van der Waals surface area contributed by atoms with Gasteiger partial charge < -0.3 is 10.8 Å². The molecule has 0 saturated heterocycles. The quantitative estimate of drug-likeness (QED) is 0.364. The SMILES string of the molecule is NC(=S)N/N=C/c1cn(-c2ccc(C(=O)O)cc2)nc1-c1ccccc1. The van der Waals surface area contributed by atoms with E-state index in [2.05, 4.69) is 15.6 Å². The molecule has 0 saturated carbocycles. The summed E-state index contributed by atoms with van der Waals surface area (Å²) in [7, 11) is 0. The van der Waals surface area contributed by atoms with Crippen LogP contribution in [0.25, 0.3) is 16.9 Å². The van der Waals surface area contributed by atoms with Crippen molar-refractivity contribution in [2.24, 2.45) is 10.8 Å². The molecule has 0 spiro atoms. The fourth-order valence-electron chi connectivity index (χ4n) is 2.36. The second-order valence-electron chi connectivity index (χ2n) is 5.33. The lowest BCUT2D eigenvalue weighted by molar-refractivity contribution is 0.0697. The summed E-state index contributed by atoms with van der Waals surface area (Å²) < 4.78 is 1.66. The Kier molecular flexibility index (Phi) is 5.04. The van der Waals surface area contributed by atoms with Crippen LogP contribution in [0.1, 0.15) is 15.9 Å². The van der Waals surface area contributed by atoms with Crippen molar-refractivity contribution >= 4 is 29.5 Å². The van der Waals surface area contributed by atoms with Crippen LogP contribution in [0.3, 0.4) is 0 Å². The second kappa shape index (κ2) is 7.58. The van der Waals surface area contributed by atoms with Gasteiger partial charge in [-0.1, -0.05) is 30.3 Å². The van der Waals surface area contributed by atoms with E-state index >= 15 is 0 Å². The van der Waals surface area contributed by atoms with Gasteiger partial charge in [-0.15, -0.1) is 0 Å². The molecule has 0 unspecified atom stereocenters. The van der Waals surface area contributed by atoms with Crippen molar-refractivity contribution < 1.29 is 9.90 Å². The average molecular weight is 365 g/mol. The van der Waals surface area contributed by atoms with Crippen LogP contribution >= 0.6 is 12.2 Å². The normalized spacial score (nSPS) is 10.8. The van der Waals surface area contributed by atoms with Crippen molar-refractivity contribution in [3.63, 3.8) is 0 Å². The Morgan fingerprint density at radius 1 is 1.19 bits per heavy atom. The van der Waals surface area contributed by atoms with E-state index in [9.17, 15) is 4.79 Å². The zero-order valence-corrected chi connectivity index (χ0v) is 14.4. The minimum atomic E-state index is -0.973. The van der Waals surface area contributed by atoms with E-state index in [1.807, 2.05) is 30.3 Å². The number of nitrogens with zero attached hydrogens (tertiary/aromatic N) is 3. The van der Waals surface area contributed by atoms with Gasteiger partial charge in [0, 0.05) is 17.3 Å². The molecule has 7 nitrogen and oxygen atoms in total. The van der Waals surface area contributed by atoms with Gasteiger partial charge in [0.15, 0.2) is 5.11 Å². The summed E-state index contributed by atoms with van der Waals surface area (Å²) in [6.45, 7) is 0. The van der Waals surface area contributed by atoms with Crippen LogP contribution in [-0.4, -0.2) is 32.2 Å². The minimum Gasteiger partial charge on any atom is -0.478 e. The second-order valence-corrected chi connectivity index (χ2v) is 5.77. The predicted molar refractivity (Wildman–Crippen MR) is 103 cm³/mol. The molecule has 0 aliphatic rings. The van der Waals surface area contributed by atoms with Crippen LogP contribution in [-0.2, 0) is 0 Å². The molecule has 4 N–H and O–H groups in total. The zero-order chi connectivity index (χ0) is 18.5. The Morgan fingerprint density at radius 3 is 2.50 bits per heavy atom. The van der Waals surface area contributed by atoms with Gasteiger partial charge in [-0.2, -0.15) is 10.2 Å². The predicted octanol–water partition coefficient (Wildman–Crippen LogP) is 2.40. The molecule has 130 valence electrons. The first-order chi connectivity index (χ1) is 12.5. The Balaban J connectivity index is 2.01. The number of aromatic nitrogens is 2. The van der Waals surface area contributed by atoms with E-state index in [1.54, 1.807) is 29.2 Å². The van der Waals surface area contributed by atoms with Crippen molar-refractivity contribution in [3.8, 4) is 16.9 Å². The lowest BCUT2D eigenvalue weighted by Crippen LogP contribution is -2.24. The van der Waals surface area contributed by atoms with Crippen LogP contribution in [0.5, 0.6) is 0 Å². The number of carboxylic acid groups (broad SMARTS) is 1. The largest absolute Gasteiger partial charge is 0.478 e. The number of hydrogen-bond donors (Lipinski definition) is 3. The first-order valence-electron chi connectivity index (χ1n) is 7.62. The number of aromatic carboxylic acids is 1. The molecule has 26 heavy (non-hydrogen) atoms. The van der Waals surface area contributed by atoms with Gasteiger partial charge in [0.05, 0.1) is 17.5 Å². The number of nitrogens with one attached hydrogen (secondary N) is 1. The summed E-state index contributed by atoms with van der Waals surface area (Å²) in [5.74, 6) is -0.973. The molecule has 1 aromatic heterocycles. The van der Waals surface area contributed by atoms with Crippen molar-refractivity contribution in [2.45, 2.75) is 0 Å². The first kappa shape index (κ1) is 17.3. The number of rotatable bonds is 5. The van der Waals surface area contributed by atoms with E-state index in [4.69, 9.17) is 23.1 Å². The van der Waals surface area contributed by atoms with Crippen molar-refractivity contribution in [2.75, 3.05) is 0 Å². The van der Waals surface area contributed by atoms with Crippen LogP contribution in [0, 0.1) is 0 Å². The molecule has 0 atom stereocenters. The van der Waals surface area contributed by atoms with Gasteiger partial charge >= 0.3 is 5.97 Å². The monoisotopic (exact) mass is 365 g/mol.